The molecule has 12 heavy (non-hydrogen) atoms. The zero-order valence-corrected chi connectivity index (χ0v) is 7.30. The number of rotatable bonds is 4. The first-order chi connectivity index (χ1) is 5.75. The average Bonchev–Trinajstić information content (AvgIpc) is 2.35. The lowest BCUT2D eigenvalue weighted by molar-refractivity contribution is -0.138. The second-order valence-corrected chi connectivity index (χ2v) is 2.90. The Balaban J connectivity index is 2.30. The Hall–Kier alpha value is -0.900. The van der Waals surface area contributed by atoms with Gasteiger partial charge in [0.1, 0.15) is 0 Å². The first-order valence-corrected chi connectivity index (χ1v) is 4.23. The van der Waals surface area contributed by atoms with Crippen LogP contribution >= 0.6 is 0 Å². The molecule has 0 aromatic heterocycles. The lowest BCUT2D eigenvalue weighted by Gasteiger charge is -2.12. The zero-order chi connectivity index (χ0) is 8.97. The van der Waals surface area contributed by atoms with Gasteiger partial charge < -0.3 is 5.32 Å². The minimum atomic E-state index is -0.0175. The fourth-order valence-electron chi connectivity index (χ4n) is 1.29. The van der Waals surface area contributed by atoms with Crippen molar-refractivity contribution in [3.05, 3.63) is 0 Å². The summed E-state index contributed by atoms with van der Waals surface area (Å²) in [5.74, 6) is -0.0350. The van der Waals surface area contributed by atoms with Crippen molar-refractivity contribution in [2.24, 2.45) is 0 Å². The summed E-state index contributed by atoms with van der Waals surface area (Å²) in [5.41, 5.74) is 0. The number of imide groups is 1. The van der Waals surface area contributed by atoms with E-state index in [-0.39, 0.29) is 11.8 Å². The van der Waals surface area contributed by atoms with E-state index < -0.39 is 0 Å². The molecule has 0 radical (unpaired) electrons. The number of nitrogens with zero attached hydrogens (tertiary/aromatic N) is 1. The quantitative estimate of drug-likeness (QED) is 0.467. The third-order valence-electron chi connectivity index (χ3n) is 1.96. The van der Waals surface area contributed by atoms with Gasteiger partial charge in [0.2, 0.25) is 11.8 Å². The first-order valence-electron chi connectivity index (χ1n) is 4.23. The van der Waals surface area contributed by atoms with E-state index in [1.54, 1.807) is 0 Å². The minimum Gasteiger partial charge on any atom is -0.320 e. The summed E-state index contributed by atoms with van der Waals surface area (Å²) in [5, 5.41) is 2.97. The van der Waals surface area contributed by atoms with Gasteiger partial charge in [0.25, 0.3) is 0 Å². The molecule has 1 N–H and O–H groups in total. The Morgan fingerprint density at radius 2 is 1.92 bits per heavy atom. The molecule has 0 aromatic rings. The third-order valence-corrected chi connectivity index (χ3v) is 1.96. The standard InChI is InChI=1S/C8H14N2O2/c1-9-5-2-6-10-7(11)3-4-8(10)12/h9H,2-6H2,1H3. The van der Waals surface area contributed by atoms with E-state index in [9.17, 15) is 9.59 Å². The number of hydrogen-bond acceptors (Lipinski definition) is 3. The Labute approximate surface area is 71.9 Å². The number of carbonyl (C=O) groups is 2. The molecule has 1 heterocycles. The van der Waals surface area contributed by atoms with Crippen LogP contribution in [0.1, 0.15) is 19.3 Å². The van der Waals surface area contributed by atoms with E-state index >= 15 is 0 Å². The van der Waals surface area contributed by atoms with Gasteiger partial charge in [-0.05, 0) is 20.0 Å². The second kappa shape index (κ2) is 4.21. The Morgan fingerprint density at radius 3 is 2.42 bits per heavy atom. The molecule has 1 aliphatic rings. The van der Waals surface area contributed by atoms with Crippen LogP contribution < -0.4 is 5.32 Å². The molecule has 0 saturated carbocycles. The van der Waals surface area contributed by atoms with Gasteiger partial charge in [-0.15, -0.1) is 0 Å². The van der Waals surface area contributed by atoms with Crippen molar-refractivity contribution in [3.8, 4) is 0 Å². The van der Waals surface area contributed by atoms with Crippen LogP contribution in [-0.2, 0) is 9.59 Å². The molecule has 0 atom stereocenters. The van der Waals surface area contributed by atoms with Gasteiger partial charge in [0.05, 0.1) is 0 Å². The maximum atomic E-state index is 11.1. The molecular formula is C8H14N2O2. The van der Waals surface area contributed by atoms with Gasteiger partial charge in [-0.1, -0.05) is 0 Å². The van der Waals surface area contributed by atoms with E-state index in [0.717, 1.165) is 13.0 Å². The van der Waals surface area contributed by atoms with Crippen molar-refractivity contribution in [2.75, 3.05) is 20.1 Å². The lowest BCUT2D eigenvalue weighted by atomic mass is 10.4. The molecule has 1 fully saturated rings. The second-order valence-electron chi connectivity index (χ2n) is 2.90. The molecule has 2 amide bonds. The van der Waals surface area contributed by atoms with Crippen LogP contribution in [0.3, 0.4) is 0 Å². The molecule has 1 rings (SSSR count). The van der Waals surface area contributed by atoms with Crippen molar-refractivity contribution in [3.63, 3.8) is 0 Å². The van der Waals surface area contributed by atoms with Crippen LogP contribution in [-0.4, -0.2) is 36.9 Å². The average molecular weight is 170 g/mol. The summed E-state index contributed by atoms with van der Waals surface area (Å²) in [6.07, 6.45) is 1.64. The highest BCUT2D eigenvalue weighted by Crippen LogP contribution is 2.11. The topological polar surface area (TPSA) is 49.4 Å². The molecule has 0 aromatic carbocycles. The zero-order valence-electron chi connectivity index (χ0n) is 7.30. The van der Waals surface area contributed by atoms with Crippen LogP contribution in [0, 0.1) is 0 Å². The van der Waals surface area contributed by atoms with Gasteiger partial charge in [-0.3, -0.25) is 14.5 Å². The molecule has 1 aliphatic heterocycles. The first kappa shape index (κ1) is 9.19. The van der Waals surface area contributed by atoms with Crippen LogP contribution in [0.2, 0.25) is 0 Å². The maximum Gasteiger partial charge on any atom is 0.229 e. The predicted octanol–water partition coefficient (Wildman–Crippen LogP) is -0.255. The minimum absolute atomic E-state index is 0.0175. The van der Waals surface area contributed by atoms with Crippen molar-refractivity contribution < 1.29 is 9.59 Å². The SMILES string of the molecule is CNCCCN1C(=O)CCC1=O. The fourth-order valence-corrected chi connectivity index (χ4v) is 1.29. The molecule has 0 spiro atoms. The normalized spacial score (nSPS) is 17.6. The Morgan fingerprint density at radius 1 is 1.33 bits per heavy atom. The van der Waals surface area contributed by atoms with E-state index in [1.807, 2.05) is 7.05 Å². The van der Waals surface area contributed by atoms with Gasteiger partial charge in [-0.2, -0.15) is 0 Å². The van der Waals surface area contributed by atoms with Crippen molar-refractivity contribution in [1.82, 2.24) is 10.2 Å². The molecule has 4 nitrogen and oxygen atoms in total. The number of amides is 2. The van der Waals surface area contributed by atoms with Crippen LogP contribution in [0.4, 0.5) is 0 Å². The molecule has 0 bridgehead atoms. The van der Waals surface area contributed by atoms with Gasteiger partial charge in [0.15, 0.2) is 0 Å². The van der Waals surface area contributed by atoms with Crippen LogP contribution in [0.25, 0.3) is 0 Å². The van der Waals surface area contributed by atoms with Crippen molar-refractivity contribution in [1.29, 1.82) is 0 Å². The van der Waals surface area contributed by atoms with E-state index in [0.29, 0.717) is 19.4 Å². The van der Waals surface area contributed by atoms with Crippen LogP contribution in [0.5, 0.6) is 0 Å². The summed E-state index contributed by atoms with van der Waals surface area (Å²) in [4.78, 5) is 23.5. The smallest absolute Gasteiger partial charge is 0.229 e. The van der Waals surface area contributed by atoms with Gasteiger partial charge in [-0.25, -0.2) is 0 Å². The summed E-state index contributed by atoms with van der Waals surface area (Å²) in [6.45, 7) is 1.41. The van der Waals surface area contributed by atoms with Crippen molar-refractivity contribution >= 4 is 11.8 Å². The highest BCUT2D eigenvalue weighted by molar-refractivity contribution is 6.01. The van der Waals surface area contributed by atoms with Gasteiger partial charge in [0, 0.05) is 19.4 Å². The fraction of sp³-hybridized carbons (Fsp3) is 0.750. The highest BCUT2D eigenvalue weighted by Gasteiger charge is 2.27. The predicted molar refractivity (Wildman–Crippen MR) is 44.5 cm³/mol. The summed E-state index contributed by atoms with van der Waals surface area (Å²) >= 11 is 0. The van der Waals surface area contributed by atoms with Crippen molar-refractivity contribution in [2.45, 2.75) is 19.3 Å². The monoisotopic (exact) mass is 170 g/mol. The summed E-state index contributed by atoms with van der Waals surface area (Å²) in [7, 11) is 1.85. The van der Waals surface area contributed by atoms with Gasteiger partial charge >= 0.3 is 0 Å². The Bertz CT molecular complexity index is 175. The highest BCUT2D eigenvalue weighted by atomic mass is 16.2. The number of nitrogens with one attached hydrogen (secondary N) is 1. The number of carbonyl (C=O) groups excluding carboxylic acids is 2. The van der Waals surface area contributed by atoms with E-state index in [1.165, 1.54) is 4.90 Å². The van der Waals surface area contributed by atoms with E-state index in [2.05, 4.69) is 5.32 Å². The van der Waals surface area contributed by atoms with E-state index in [4.69, 9.17) is 0 Å². The Kier molecular flexibility index (Phi) is 3.22. The molecule has 4 heteroatoms. The largest absolute Gasteiger partial charge is 0.320 e. The summed E-state index contributed by atoms with van der Waals surface area (Å²) in [6, 6.07) is 0. The molecule has 0 aliphatic carbocycles. The molecule has 68 valence electrons. The van der Waals surface area contributed by atoms with Crippen LogP contribution in [0.15, 0.2) is 0 Å². The number of hydrogen-bond donors (Lipinski definition) is 1. The maximum absolute atomic E-state index is 11.1. The molecule has 0 unspecified atom stereocenters. The molecule has 1 saturated heterocycles. The lowest BCUT2D eigenvalue weighted by Crippen LogP contribution is -2.31. The molecular weight excluding hydrogens is 156 g/mol. The third kappa shape index (κ3) is 2.04. The summed E-state index contributed by atoms with van der Waals surface area (Å²) < 4.78 is 0. The number of likely N-dealkylation sites (tertiary alicyclic amines) is 1.